The van der Waals surface area contributed by atoms with Crippen molar-refractivity contribution in [2.24, 2.45) is 0 Å². The maximum atomic E-state index is 13.3. The van der Waals surface area contributed by atoms with Gasteiger partial charge in [0.05, 0.1) is 4.47 Å². The van der Waals surface area contributed by atoms with E-state index in [0.717, 1.165) is 6.07 Å². The number of halogens is 2. The molecule has 0 saturated carbocycles. The van der Waals surface area contributed by atoms with Crippen LogP contribution in [0.5, 0.6) is 0 Å². The molecular formula is C14H17BrFNO3. The Morgan fingerprint density at radius 1 is 1.35 bits per heavy atom. The highest BCUT2D eigenvalue weighted by molar-refractivity contribution is 9.10. The van der Waals surface area contributed by atoms with Gasteiger partial charge in [0, 0.05) is 5.56 Å². The minimum Gasteiger partial charge on any atom is -0.458 e. The van der Waals surface area contributed by atoms with Crippen molar-refractivity contribution in [1.29, 1.82) is 0 Å². The molecule has 4 nitrogen and oxygen atoms in total. The second-order valence-corrected chi connectivity index (χ2v) is 6.21. The van der Waals surface area contributed by atoms with E-state index in [1.54, 1.807) is 20.8 Å². The number of benzene rings is 1. The van der Waals surface area contributed by atoms with Crippen molar-refractivity contribution in [3.05, 3.63) is 34.1 Å². The number of hydrogen-bond donors (Lipinski definition) is 1. The van der Waals surface area contributed by atoms with Crippen LogP contribution in [0, 0.1) is 5.82 Å². The fraction of sp³-hybridized carbons (Fsp3) is 0.429. The summed E-state index contributed by atoms with van der Waals surface area (Å²) in [7, 11) is 0. The fourth-order valence-corrected chi connectivity index (χ4v) is 1.61. The lowest BCUT2D eigenvalue weighted by Crippen LogP contribution is -2.42. The Bertz CT molecular complexity index is 526. The number of ether oxygens (including phenoxy) is 1. The molecule has 1 atom stereocenters. The van der Waals surface area contributed by atoms with E-state index in [0.29, 0.717) is 0 Å². The molecule has 0 fully saturated rings. The maximum Gasteiger partial charge on any atom is 0.328 e. The largest absolute Gasteiger partial charge is 0.458 e. The number of rotatable bonds is 3. The third kappa shape index (κ3) is 4.92. The van der Waals surface area contributed by atoms with Crippen LogP contribution in [0.2, 0.25) is 0 Å². The predicted octanol–water partition coefficient (Wildman–Crippen LogP) is 3.05. The minimum absolute atomic E-state index is 0.140. The third-order valence-electron chi connectivity index (χ3n) is 2.29. The zero-order valence-electron chi connectivity index (χ0n) is 11.8. The monoisotopic (exact) mass is 345 g/mol. The first-order valence-corrected chi connectivity index (χ1v) is 6.88. The molecule has 110 valence electrons. The van der Waals surface area contributed by atoms with Crippen molar-refractivity contribution in [3.8, 4) is 0 Å². The smallest absolute Gasteiger partial charge is 0.328 e. The van der Waals surface area contributed by atoms with Crippen LogP contribution in [0.4, 0.5) is 4.39 Å². The van der Waals surface area contributed by atoms with Crippen LogP contribution in [0.3, 0.4) is 0 Å². The summed E-state index contributed by atoms with van der Waals surface area (Å²) in [6.07, 6.45) is 0. The molecule has 1 N–H and O–H groups in total. The van der Waals surface area contributed by atoms with Gasteiger partial charge in [-0.25, -0.2) is 9.18 Å². The van der Waals surface area contributed by atoms with Crippen molar-refractivity contribution >= 4 is 27.8 Å². The molecular weight excluding hydrogens is 329 g/mol. The molecule has 0 heterocycles. The lowest BCUT2D eigenvalue weighted by molar-refractivity contribution is -0.156. The van der Waals surface area contributed by atoms with Gasteiger partial charge in [-0.2, -0.15) is 0 Å². The van der Waals surface area contributed by atoms with Crippen molar-refractivity contribution in [1.82, 2.24) is 5.32 Å². The van der Waals surface area contributed by atoms with E-state index >= 15 is 0 Å². The first kappa shape index (κ1) is 16.6. The summed E-state index contributed by atoms with van der Waals surface area (Å²) >= 11 is 3.00. The standard InChI is InChI=1S/C14H17BrFNO3/c1-8(13(19)20-14(2,3)4)17-12(18)9-5-6-10(15)11(16)7-9/h5-8H,1-4H3,(H,17,18)/t8-/m1/s1. The van der Waals surface area contributed by atoms with Crippen molar-refractivity contribution in [2.75, 3.05) is 0 Å². The van der Waals surface area contributed by atoms with E-state index in [2.05, 4.69) is 21.2 Å². The summed E-state index contributed by atoms with van der Waals surface area (Å²) < 4.78 is 18.8. The van der Waals surface area contributed by atoms with Gasteiger partial charge in [-0.1, -0.05) is 0 Å². The zero-order chi connectivity index (χ0) is 15.5. The normalized spacial score (nSPS) is 12.7. The highest BCUT2D eigenvalue weighted by Crippen LogP contribution is 2.16. The first-order chi connectivity index (χ1) is 9.10. The van der Waals surface area contributed by atoms with E-state index in [9.17, 15) is 14.0 Å². The Kier molecular flexibility index (Phi) is 5.28. The number of hydrogen-bond acceptors (Lipinski definition) is 3. The Hall–Kier alpha value is -1.43. The predicted molar refractivity (Wildman–Crippen MR) is 76.9 cm³/mol. The van der Waals surface area contributed by atoms with Gasteiger partial charge in [0.25, 0.3) is 5.91 Å². The minimum atomic E-state index is -0.812. The Morgan fingerprint density at radius 2 is 1.95 bits per heavy atom. The average Bonchev–Trinajstić information content (AvgIpc) is 2.30. The van der Waals surface area contributed by atoms with Gasteiger partial charge >= 0.3 is 5.97 Å². The number of amides is 1. The van der Waals surface area contributed by atoms with E-state index in [4.69, 9.17) is 4.74 Å². The van der Waals surface area contributed by atoms with Crippen molar-refractivity contribution < 1.29 is 18.7 Å². The van der Waals surface area contributed by atoms with Crippen LogP contribution in [0.1, 0.15) is 38.1 Å². The molecule has 0 aliphatic heterocycles. The lowest BCUT2D eigenvalue weighted by atomic mass is 10.1. The van der Waals surface area contributed by atoms with E-state index in [1.807, 2.05) is 0 Å². The Morgan fingerprint density at radius 3 is 2.45 bits per heavy atom. The molecule has 0 saturated heterocycles. The Balaban J connectivity index is 2.70. The quantitative estimate of drug-likeness (QED) is 0.856. The van der Waals surface area contributed by atoms with Gasteiger partial charge in [0.15, 0.2) is 0 Å². The van der Waals surface area contributed by atoms with Gasteiger partial charge in [0.2, 0.25) is 0 Å². The van der Waals surface area contributed by atoms with Crippen molar-refractivity contribution in [2.45, 2.75) is 39.3 Å². The molecule has 0 aliphatic rings. The molecule has 1 aromatic rings. The van der Waals surface area contributed by atoms with Gasteiger partial charge < -0.3 is 10.1 Å². The van der Waals surface area contributed by atoms with Crippen LogP contribution >= 0.6 is 15.9 Å². The molecule has 0 bridgehead atoms. The summed E-state index contributed by atoms with van der Waals surface area (Å²) in [6.45, 7) is 6.73. The number of carbonyl (C=O) groups excluding carboxylic acids is 2. The maximum absolute atomic E-state index is 13.3. The number of carbonyl (C=O) groups is 2. The van der Waals surface area contributed by atoms with Crippen LogP contribution in [0.15, 0.2) is 22.7 Å². The summed E-state index contributed by atoms with van der Waals surface area (Å²) in [5.41, 5.74) is -0.485. The van der Waals surface area contributed by atoms with Crippen LogP contribution in [-0.4, -0.2) is 23.5 Å². The fourth-order valence-electron chi connectivity index (χ4n) is 1.37. The highest BCUT2D eigenvalue weighted by atomic mass is 79.9. The summed E-state index contributed by atoms with van der Waals surface area (Å²) in [5.74, 6) is -1.61. The molecule has 0 radical (unpaired) electrons. The molecule has 20 heavy (non-hydrogen) atoms. The second-order valence-electron chi connectivity index (χ2n) is 5.36. The zero-order valence-corrected chi connectivity index (χ0v) is 13.4. The first-order valence-electron chi connectivity index (χ1n) is 6.09. The van der Waals surface area contributed by atoms with Gasteiger partial charge in [0.1, 0.15) is 17.5 Å². The van der Waals surface area contributed by atoms with Crippen LogP contribution < -0.4 is 5.32 Å². The van der Waals surface area contributed by atoms with Crippen LogP contribution in [-0.2, 0) is 9.53 Å². The molecule has 6 heteroatoms. The number of esters is 1. The second kappa shape index (κ2) is 6.35. The molecule has 0 unspecified atom stereocenters. The topological polar surface area (TPSA) is 55.4 Å². The molecule has 0 aromatic heterocycles. The van der Waals surface area contributed by atoms with Gasteiger partial charge in [-0.15, -0.1) is 0 Å². The summed E-state index contributed by atoms with van der Waals surface area (Å²) in [6, 6.07) is 3.18. The third-order valence-corrected chi connectivity index (χ3v) is 2.93. The van der Waals surface area contributed by atoms with Gasteiger partial charge in [-0.3, -0.25) is 4.79 Å². The molecule has 1 rings (SSSR count). The van der Waals surface area contributed by atoms with E-state index < -0.39 is 29.3 Å². The Labute approximate surface area is 125 Å². The number of nitrogens with one attached hydrogen (secondary N) is 1. The average molecular weight is 346 g/mol. The SMILES string of the molecule is C[C@@H](NC(=O)c1ccc(Br)c(F)c1)C(=O)OC(C)(C)C. The van der Waals surface area contributed by atoms with Crippen LogP contribution in [0.25, 0.3) is 0 Å². The molecule has 1 aromatic carbocycles. The molecule has 1 amide bonds. The lowest BCUT2D eigenvalue weighted by Gasteiger charge is -2.22. The molecule has 0 aliphatic carbocycles. The van der Waals surface area contributed by atoms with Crippen molar-refractivity contribution in [3.63, 3.8) is 0 Å². The summed E-state index contributed by atoms with van der Waals surface area (Å²) in [5, 5.41) is 2.47. The van der Waals surface area contributed by atoms with E-state index in [1.165, 1.54) is 19.1 Å². The molecule has 0 spiro atoms. The summed E-state index contributed by atoms with van der Waals surface area (Å²) in [4.78, 5) is 23.6. The van der Waals surface area contributed by atoms with Gasteiger partial charge in [-0.05, 0) is 61.8 Å². The highest BCUT2D eigenvalue weighted by Gasteiger charge is 2.23. The van der Waals surface area contributed by atoms with E-state index in [-0.39, 0.29) is 10.0 Å².